The molecule has 4 nitrogen and oxygen atoms in total. The topological polar surface area (TPSA) is 58.0 Å². The summed E-state index contributed by atoms with van der Waals surface area (Å²) in [5.74, 6) is -2.27. The molecular weight excluding hydrogens is 278 g/mol. The smallest absolute Gasteiger partial charge is 0.408 e. The Labute approximate surface area is 118 Å². The summed E-state index contributed by atoms with van der Waals surface area (Å²) in [4.78, 5) is 13.7. The highest BCUT2D eigenvalue weighted by Gasteiger charge is 2.10. The molecule has 2 N–H and O–H groups in total. The number of H-pyrrole nitrogens is 1. The maximum atomic E-state index is 13.2. The predicted octanol–water partition coefficient (Wildman–Crippen LogP) is 3.57. The molecule has 1 heterocycles. The number of anilines is 1. The number of fused-ring (bicyclic) bond motifs is 1. The van der Waals surface area contributed by atoms with Crippen molar-refractivity contribution in [1.82, 2.24) is 4.98 Å². The maximum absolute atomic E-state index is 13.2. The standard InChI is InChI=1S/C15H12F2N2O2/c1-8(9-2-4-11(16)12(17)6-9)18-10-3-5-14-13(7-10)19-15(20)21-14/h2-8,18H,1H3,(H,19,20). The number of halogens is 2. The maximum Gasteiger partial charge on any atom is 0.417 e. The van der Waals surface area contributed by atoms with Crippen LogP contribution in [0.15, 0.2) is 45.6 Å². The molecule has 21 heavy (non-hydrogen) atoms. The van der Waals surface area contributed by atoms with Gasteiger partial charge in [0.05, 0.1) is 5.52 Å². The molecule has 3 aromatic rings. The van der Waals surface area contributed by atoms with Crippen molar-refractivity contribution in [3.05, 3.63) is 64.1 Å². The van der Waals surface area contributed by atoms with Gasteiger partial charge in [-0.3, -0.25) is 4.98 Å². The molecule has 6 heteroatoms. The second kappa shape index (κ2) is 5.05. The lowest BCUT2D eigenvalue weighted by atomic mass is 10.1. The SMILES string of the molecule is CC(Nc1ccc2oc(=O)[nH]c2c1)c1ccc(F)c(F)c1. The van der Waals surface area contributed by atoms with Crippen LogP contribution in [0.3, 0.4) is 0 Å². The van der Waals surface area contributed by atoms with Gasteiger partial charge in [-0.2, -0.15) is 0 Å². The van der Waals surface area contributed by atoms with E-state index in [1.165, 1.54) is 6.07 Å². The van der Waals surface area contributed by atoms with Gasteiger partial charge in [0.25, 0.3) is 0 Å². The Morgan fingerprint density at radius 2 is 1.95 bits per heavy atom. The summed E-state index contributed by atoms with van der Waals surface area (Å²) in [5.41, 5.74) is 2.39. The van der Waals surface area contributed by atoms with Crippen LogP contribution in [0.4, 0.5) is 14.5 Å². The van der Waals surface area contributed by atoms with Gasteiger partial charge in [-0.05, 0) is 42.8 Å². The van der Waals surface area contributed by atoms with Gasteiger partial charge in [0, 0.05) is 11.7 Å². The van der Waals surface area contributed by atoms with Crippen molar-refractivity contribution >= 4 is 16.8 Å². The average Bonchev–Trinajstić information content (AvgIpc) is 2.81. The molecule has 0 aliphatic heterocycles. The molecule has 0 spiro atoms. The minimum Gasteiger partial charge on any atom is -0.408 e. The summed E-state index contributed by atoms with van der Waals surface area (Å²) in [7, 11) is 0. The molecule has 0 aliphatic rings. The third kappa shape index (κ3) is 2.65. The molecule has 0 radical (unpaired) electrons. The van der Waals surface area contributed by atoms with Crippen LogP contribution in [0.1, 0.15) is 18.5 Å². The lowest BCUT2D eigenvalue weighted by molar-refractivity contribution is 0.506. The number of aromatic amines is 1. The molecular formula is C15H12F2N2O2. The molecule has 1 aromatic heterocycles. The van der Waals surface area contributed by atoms with Crippen molar-refractivity contribution in [2.45, 2.75) is 13.0 Å². The first kappa shape index (κ1) is 13.4. The van der Waals surface area contributed by atoms with Crippen LogP contribution in [0.25, 0.3) is 11.1 Å². The van der Waals surface area contributed by atoms with Crippen molar-refractivity contribution in [1.29, 1.82) is 0 Å². The lowest BCUT2D eigenvalue weighted by Gasteiger charge is -2.15. The molecule has 3 rings (SSSR count). The Kier molecular flexibility index (Phi) is 3.21. The Bertz CT molecular complexity index is 854. The fraction of sp³-hybridized carbons (Fsp3) is 0.133. The largest absolute Gasteiger partial charge is 0.417 e. The Morgan fingerprint density at radius 1 is 1.14 bits per heavy atom. The molecule has 0 bridgehead atoms. The Hall–Kier alpha value is -2.63. The molecule has 0 amide bonds. The summed E-state index contributed by atoms with van der Waals surface area (Å²) in [6.07, 6.45) is 0. The van der Waals surface area contributed by atoms with Crippen molar-refractivity contribution in [2.75, 3.05) is 5.32 Å². The quantitative estimate of drug-likeness (QED) is 0.775. The van der Waals surface area contributed by atoms with E-state index >= 15 is 0 Å². The van der Waals surface area contributed by atoms with Gasteiger partial charge < -0.3 is 9.73 Å². The number of benzene rings is 2. The van der Waals surface area contributed by atoms with E-state index in [0.29, 0.717) is 16.7 Å². The fourth-order valence-corrected chi connectivity index (χ4v) is 2.16. The summed E-state index contributed by atoms with van der Waals surface area (Å²) in [6.45, 7) is 1.83. The second-order valence-corrected chi connectivity index (χ2v) is 4.77. The first-order valence-electron chi connectivity index (χ1n) is 6.37. The number of nitrogens with one attached hydrogen (secondary N) is 2. The van der Waals surface area contributed by atoms with Gasteiger partial charge in [0.2, 0.25) is 0 Å². The molecule has 0 saturated carbocycles. The van der Waals surface area contributed by atoms with E-state index < -0.39 is 17.4 Å². The number of oxazole rings is 1. The minimum absolute atomic E-state index is 0.226. The third-order valence-electron chi connectivity index (χ3n) is 3.25. The van der Waals surface area contributed by atoms with Crippen molar-refractivity contribution in [3.63, 3.8) is 0 Å². The molecule has 108 valence electrons. The zero-order chi connectivity index (χ0) is 15.0. The number of rotatable bonds is 3. The number of hydrogen-bond donors (Lipinski definition) is 2. The van der Waals surface area contributed by atoms with Crippen LogP contribution in [0.2, 0.25) is 0 Å². The van der Waals surface area contributed by atoms with Crippen LogP contribution in [-0.2, 0) is 0 Å². The van der Waals surface area contributed by atoms with Crippen LogP contribution in [0.5, 0.6) is 0 Å². The van der Waals surface area contributed by atoms with E-state index in [1.54, 1.807) is 18.2 Å². The molecule has 0 aliphatic carbocycles. The Balaban J connectivity index is 1.86. The van der Waals surface area contributed by atoms with Gasteiger partial charge in [-0.15, -0.1) is 0 Å². The van der Waals surface area contributed by atoms with Gasteiger partial charge in [-0.1, -0.05) is 6.07 Å². The van der Waals surface area contributed by atoms with E-state index in [4.69, 9.17) is 4.42 Å². The predicted molar refractivity (Wildman–Crippen MR) is 75.2 cm³/mol. The minimum atomic E-state index is -0.879. The summed E-state index contributed by atoms with van der Waals surface area (Å²) in [6, 6.07) is 8.68. The average molecular weight is 290 g/mol. The molecule has 0 saturated heterocycles. The van der Waals surface area contributed by atoms with Crippen LogP contribution >= 0.6 is 0 Å². The van der Waals surface area contributed by atoms with E-state index in [-0.39, 0.29) is 6.04 Å². The summed E-state index contributed by atoms with van der Waals surface area (Å²) in [5, 5.41) is 3.15. The molecule has 0 fully saturated rings. The highest BCUT2D eigenvalue weighted by molar-refractivity contribution is 5.76. The van der Waals surface area contributed by atoms with Crippen molar-refractivity contribution in [2.24, 2.45) is 0 Å². The third-order valence-corrected chi connectivity index (χ3v) is 3.25. The van der Waals surface area contributed by atoms with Gasteiger partial charge >= 0.3 is 5.76 Å². The van der Waals surface area contributed by atoms with Gasteiger partial charge in [0.15, 0.2) is 17.2 Å². The van der Waals surface area contributed by atoms with E-state index in [2.05, 4.69) is 10.3 Å². The van der Waals surface area contributed by atoms with Gasteiger partial charge in [0.1, 0.15) is 0 Å². The van der Waals surface area contributed by atoms with Crippen LogP contribution in [-0.4, -0.2) is 4.98 Å². The second-order valence-electron chi connectivity index (χ2n) is 4.77. The van der Waals surface area contributed by atoms with Crippen LogP contribution < -0.4 is 11.1 Å². The normalized spacial score (nSPS) is 12.5. The fourth-order valence-electron chi connectivity index (χ4n) is 2.16. The Morgan fingerprint density at radius 3 is 2.71 bits per heavy atom. The molecule has 2 aromatic carbocycles. The van der Waals surface area contributed by atoms with Crippen LogP contribution in [0, 0.1) is 11.6 Å². The molecule has 1 atom stereocenters. The first-order chi connectivity index (χ1) is 10.0. The number of hydrogen-bond acceptors (Lipinski definition) is 3. The zero-order valence-corrected chi connectivity index (χ0v) is 11.1. The highest BCUT2D eigenvalue weighted by atomic mass is 19.2. The summed E-state index contributed by atoms with van der Waals surface area (Å²) >= 11 is 0. The van der Waals surface area contributed by atoms with Gasteiger partial charge in [-0.25, -0.2) is 13.6 Å². The first-order valence-corrected chi connectivity index (χ1v) is 6.37. The highest BCUT2D eigenvalue weighted by Crippen LogP contribution is 2.23. The zero-order valence-electron chi connectivity index (χ0n) is 11.1. The number of aromatic nitrogens is 1. The summed E-state index contributed by atoms with van der Waals surface area (Å²) < 4.78 is 31.1. The molecule has 1 unspecified atom stereocenters. The van der Waals surface area contributed by atoms with E-state index in [0.717, 1.165) is 17.8 Å². The van der Waals surface area contributed by atoms with E-state index in [1.807, 2.05) is 6.92 Å². The van der Waals surface area contributed by atoms with E-state index in [9.17, 15) is 13.6 Å². The van der Waals surface area contributed by atoms with Crippen molar-refractivity contribution in [3.8, 4) is 0 Å². The monoisotopic (exact) mass is 290 g/mol. The lowest BCUT2D eigenvalue weighted by Crippen LogP contribution is -2.07. The van der Waals surface area contributed by atoms with Crippen molar-refractivity contribution < 1.29 is 13.2 Å².